The first-order chi connectivity index (χ1) is 8.08. The van der Waals surface area contributed by atoms with E-state index in [9.17, 15) is 0 Å². The van der Waals surface area contributed by atoms with Gasteiger partial charge in [-0.1, -0.05) is 19.8 Å². The van der Waals surface area contributed by atoms with E-state index in [1.54, 1.807) is 6.20 Å². The zero-order chi connectivity index (χ0) is 12.4. The number of halogens is 1. The Morgan fingerprint density at radius 1 is 1.41 bits per heavy atom. The van der Waals surface area contributed by atoms with E-state index in [-0.39, 0.29) is 0 Å². The number of anilines is 1. The van der Waals surface area contributed by atoms with E-state index < -0.39 is 0 Å². The van der Waals surface area contributed by atoms with E-state index in [2.05, 4.69) is 28.8 Å². The van der Waals surface area contributed by atoms with Crippen LogP contribution in [-0.4, -0.2) is 23.1 Å². The Morgan fingerprint density at radius 2 is 2.18 bits per heavy atom. The topological polar surface area (TPSA) is 29.0 Å². The molecule has 3 nitrogen and oxygen atoms in total. The maximum Gasteiger partial charge on any atom is 0.224 e. The van der Waals surface area contributed by atoms with E-state index in [0.29, 0.717) is 11.3 Å². The lowest BCUT2D eigenvalue weighted by atomic mass is 9.86. The third-order valence-corrected chi connectivity index (χ3v) is 3.89. The van der Waals surface area contributed by atoms with Crippen molar-refractivity contribution in [1.82, 2.24) is 9.97 Å². The first-order valence-electron chi connectivity index (χ1n) is 6.30. The molecule has 1 aliphatic carbocycles. The quantitative estimate of drug-likeness (QED) is 0.756. The van der Waals surface area contributed by atoms with Crippen LogP contribution in [0.5, 0.6) is 0 Å². The molecule has 1 aromatic rings. The summed E-state index contributed by atoms with van der Waals surface area (Å²) in [7, 11) is 2.12. The van der Waals surface area contributed by atoms with E-state index >= 15 is 0 Å². The Labute approximate surface area is 108 Å². The molecule has 0 saturated heterocycles. The lowest BCUT2D eigenvalue weighted by Crippen LogP contribution is -2.36. The standard InChI is InChI=1S/C13H20ClN3/c1-9-5-4-6-11(7-9)17(3)12-10(2)8-15-13(14)16-12/h8-9,11H,4-7H2,1-3H3. The summed E-state index contributed by atoms with van der Waals surface area (Å²) in [6.45, 7) is 4.37. The minimum atomic E-state index is 0.335. The fourth-order valence-electron chi connectivity index (χ4n) is 2.70. The van der Waals surface area contributed by atoms with Crippen LogP contribution in [0, 0.1) is 12.8 Å². The Balaban J connectivity index is 2.18. The second kappa shape index (κ2) is 5.21. The minimum absolute atomic E-state index is 0.335. The molecule has 0 N–H and O–H groups in total. The Kier molecular flexibility index (Phi) is 3.87. The molecule has 2 unspecified atom stereocenters. The highest BCUT2D eigenvalue weighted by molar-refractivity contribution is 6.28. The van der Waals surface area contributed by atoms with Crippen LogP contribution < -0.4 is 4.90 Å². The number of aromatic nitrogens is 2. The van der Waals surface area contributed by atoms with Crippen LogP contribution >= 0.6 is 11.6 Å². The van der Waals surface area contributed by atoms with Crippen LogP contribution in [0.25, 0.3) is 0 Å². The van der Waals surface area contributed by atoms with Gasteiger partial charge in [0.05, 0.1) is 0 Å². The minimum Gasteiger partial charge on any atom is -0.356 e. The Hall–Kier alpha value is -0.830. The van der Waals surface area contributed by atoms with Gasteiger partial charge in [0.15, 0.2) is 0 Å². The molecule has 2 rings (SSSR count). The molecule has 1 aromatic heterocycles. The summed E-state index contributed by atoms with van der Waals surface area (Å²) in [4.78, 5) is 10.6. The normalized spacial score (nSPS) is 24.7. The largest absolute Gasteiger partial charge is 0.356 e. The van der Waals surface area contributed by atoms with Crippen molar-refractivity contribution in [2.45, 2.75) is 45.6 Å². The average Bonchev–Trinajstić information content (AvgIpc) is 2.31. The molecule has 2 atom stereocenters. The summed E-state index contributed by atoms with van der Waals surface area (Å²) in [6.07, 6.45) is 6.97. The summed E-state index contributed by atoms with van der Waals surface area (Å²) in [5.74, 6) is 1.79. The van der Waals surface area contributed by atoms with Gasteiger partial charge in [0.25, 0.3) is 0 Å². The SMILES string of the molecule is Cc1cnc(Cl)nc1N(C)C1CCCC(C)C1. The van der Waals surface area contributed by atoms with Crippen LogP contribution in [0.2, 0.25) is 5.28 Å². The number of aryl methyl sites for hydroxylation is 1. The van der Waals surface area contributed by atoms with Crippen molar-refractivity contribution in [2.24, 2.45) is 5.92 Å². The third-order valence-electron chi connectivity index (χ3n) is 3.71. The van der Waals surface area contributed by atoms with Crippen LogP contribution in [0.1, 0.15) is 38.2 Å². The number of hydrogen-bond donors (Lipinski definition) is 0. The molecule has 1 fully saturated rings. The molecular weight excluding hydrogens is 234 g/mol. The molecule has 0 radical (unpaired) electrons. The van der Waals surface area contributed by atoms with E-state index in [4.69, 9.17) is 11.6 Å². The predicted molar refractivity (Wildman–Crippen MR) is 71.6 cm³/mol. The molecule has 94 valence electrons. The van der Waals surface area contributed by atoms with Crippen molar-refractivity contribution < 1.29 is 0 Å². The molecule has 0 spiro atoms. The van der Waals surface area contributed by atoms with Gasteiger partial charge in [-0.3, -0.25) is 0 Å². The highest BCUT2D eigenvalue weighted by atomic mass is 35.5. The third kappa shape index (κ3) is 2.89. The monoisotopic (exact) mass is 253 g/mol. The van der Waals surface area contributed by atoms with Gasteiger partial charge >= 0.3 is 0 Å². The molecular formula is C13H20ClN3. The van der Waals surface area contributed by atoms with Crippen LogP contribution in [0.15, 0.2) is 6.20 Å². The maximum absolute atomic E-state index is 5.88. The number of rotatable bonds is 2. The first kappa shape index (κ1) is 12.6. The lowest BCUT2D eigenvalue weighted by molar-refractivity contribution is 0.335. The summed E-state index contributed by atoms with van der Waals surface area (Å²) < 4.78 is 0. The second-order valence-electron chi connectivity index (χ2n) is 5.18. The van der Waals surface area contributed by atoms with E-state index in [1.807, 2.05) is 6.92 Å². The Morgan fingerprint density at radius 3 is 2.88 bits per heavy atom. The predicted octanol–water partition coefficient (Wildman–Crippen LogP) is 3.45. The molecule has 17 heavy (non-hydrogen) atoms. The highest BCUT2D eigenvalue weighted by Crippen LogP contribution is 2.30. The van der Waals surface area contributed by atoms with Gasteiger partial charge in [-0.2, -0.15) is 0 Å². The van der Waals surface area contributed by atoms with E-state index in [1.165, 1.54) is 25.7 Å². The fourth-order valence-corrected chi connectivity index (χ4v) is 2.82. The zero-order valence-electron chi connectivity index (χ0n) is 10.8. The number of nitrogens with zero attached hydrogens (tertiary/aromatic N) is 3. The Bertz CT molecular complexity index is 394. The summed E-state index contributed by atoms with van der Waals surface area (Å²) in [5.41, 5.74) is 1.09. The second-order valence-corrected chi connectivity index (χ2v) is 5.52. The molecule has 4 heteroatoms. The van der Waals surface area contributed by atoms with Gasteiger partial charge < -0.3 is 4.90 Å². The van der Waals surface area contributed by atoms with Crippen molar-refractivity contribution in [3.8, 4) is 0 Å². The van der Waals surface area contributed by atoms with Gasteiger partial charge in [-0.15, -0.1) is 0 Å². The molecule has 0 bridgehead atoms. The molecule has 1 heterocycles. The summed E-state index contributed by atoms with van der Waals surface area (Å²) >= 11 is 5.88. The van der Waals surface area contributed by atoms with E-state index in [0.717, 1.165) is 17.3 Å². The van der Waals surface area contributed by atoms with Crippen molar-refractivity contribution >= 4 is 17.4 Å². The van der Waals surface area contributed by atoms with Crippen LogP contribution in [0.4, 0.5) is 5.82 Å². The molecule has 1 saturated carbocycles. The van der Waals surface area contributed by atoms with Crippen molar-refractivity contribution in [3.63, 3.8) is 0 Å². The molecule has 1 aliphatic rings. The van der Waals surface area contributed by atoms with Crippen molar-refractivity contribution in [2.75, 3.05) is 11.9 Å². The van der Waals surface area contributed by atoms with Gasteiger partial charge in [-0.25, -0.2) is 9.97 Å². The summed E-state index contributed by atoms with van der Waals surface area (Å²) in [5, 5.41) is 0.335. The van der Waals surface area contributed by atoms with Gasteiger partial charge in [0.2, 0.25) is 5.28 Å². The smallest absolute Gasteiger partial charge is 0.224 e. The molecule has 0 aliphatic heterocycles. The molecule has 0 aromatic carbocycles. The fraction of sp³-hybridized carbons (Fsp3) is 0.692. The summed E-state index contributed by atoms with van der Waals surface area (Å²) in [6, 6.07) is 0.586. The zero-order valence-corrected chi connectivity index (χ0v) is 11.5. The lowest BCUT2D eigenvalue weighted by Gasteiger charge is -2.35. The maximum atomic E-state index is 5.88. The van der Waals surface area contributed by atoms with Gasteiger partial charge in [-0.05, 0) is 37.3 Å². The first-order valence-corrected chi connectivity index (χ1v) is 6.67. The van der Waals surface area contributed by atoms with Crippen molar-refractivity contribution in [1.29, 1.82) is 0 Å². The average molecular weight is 254 g/mol. The number of hydrogen-bond acceptors (Lipinski definition) is 3. The van der Waals surface area contributed by atoms with Gasteiger partial charge in [0, 0.05) is 24.8 Å². The van der Waals surface area contributed by atoms with Crippen LogP contribution in [0.3, 0.4) is 0 Å². The van der Waals surface area contributed by atoms with Gasteiger partial charge in [0.1, 0.15) is 5.82 Å². The van der Waals surface area contributed by atoms with Crippen molar-refractivity contribution in [3.05, 3.63) is 17.0 Å². The highest BCUT2D eigenvalue weighted by Gasteiger charge is 2.24. The van der Waals surface area contributed by atoms with Crippen LogP contribution in [-0.2, 0) is 0 Å². The molecule has 0 amide bonds.